The first-order chi connectivity index (χ1) is 10.2. The van der Waals surface area contributed by atoms with E-state index in [-0.39, 0.29) is 5.56 Å². The van der Waals surface area contributed by atoms with Crippen LogP contribution in [0.3, 0.4) is 0 Å². The molecule has 21 heavy (non-hydrogen) atoms. The van der Waals surface area contributed by atoms with Crippen molar-refractivity contribution >= 4 is 22.2 Å². The van der Waals surface area contributed by atoms with Crippen LogP contribution in [0.5, 0.6) is 0 Å². The number of carbonyl (C=O) groups excluding carboxylic acids is 1. The van der Waals surface area contributed by atoms with E-state index in [2.05, 4.69) is 26.0 Å². The molecule has 6 heteroatoms. The van der Waals surface area contributed by atoms with Crippen LogP contribution >= 0.6 is 15.9 Å². The van der Waals surface area contributed by atoms with Crippen LogP contribution in [0.2, 0.25) is 0 Å². The molecule has 0 saturated heterocycles. The number of halogens is 2. The molecule has 0 unspecified atom stereocenters. The number of aromatic nitrogens is 3. The molecule has 0 amide bonds. The topological polar surface area (TPSA) is 47.8 Å². The molecule has 4 nitrogen and oxygen atoms in total. The minimum Gasteiger partial charge on any atom is -0.298 e. The minimum absolute atomic E-state index is 0.277. The predicted octanol–water partition coefficient (Wildman–Crippen LogP) is 3.65. The van der Waals surface area contributed by atoms with Crippen molar-refractivity contribution in [3.63, 3.8) is 0 Å². The molecule has 3 aromatic rings. The molecule has 0 aliphatic carbocycles. The van der Waals surface area contributed by atoms with Crippen molar-refractivity contribution in [1.29, 1.82) is 0 Å². The van der Waals surface area contributed by atoms with Crippen molar-refractivity contribution in [3.05, 3.63) is 64.8 Å². The van der Waals surface area contributed by atoms with Crippen LogP contribution in [-0.4, -0.2) is 21.1 Å². The van der Waals surface area contributed by atoms with Gasteiger partial charge < -0.3 is 0 Å². The second-order valence-electron chi connectivity index (χ2n) is 4.33. The molecule has 3 rings (SSSR count). The van der Waals surface area contributed by atoms with Gasteiger partial charge in [0.15, 0.2) is 6.29 Å². The average molecular weight is 346 g/mol. The number of hydrogen-bond acceptors (Lipinski definition) is 3. The Morgan fingerprint density at radius 2 is 1.95 bits per heavy atom. The maximum atomic E-state index is 14.0. The molecule has 0 saturated carbocycles. The van der Waals surface area contributed by atoms with E-state index in [1.165, 1.54) is 10.7 Å². The van der Waals surface area contributed by atoms with Gasteiger partial charge in [-0.25, -0.2) is 9.07 Å². The highest BCUT2D eigenvalue weighted by molar-refractivity contribution is 9.10. The number of hydrogen-bond donors (Lipinski definition) is 0. The molecule has 0 fully saturated rings. The van der Waals surface area contributed by atoms with Gasteiger partial charge >= 0.3 is 0 Å². The van der Waals surface area contributed by atoms with Gasteiger partial charge in [-0.3, -0.25) is 9.78 Å². The normalized spacial score (nSPS) is 10.6. The molecule has 2 heterocycles. The van der Waals surface area contributed by atoms with Gasteiger partial charge in [-0.1, -0.05) is 15.9 Å². The molecule has 0 aliphatic heterocycles. The third-order valence-corrected chi connectivity index (χ3v) is 3.47. The van der Waals surface area contributed by atoms with E-state index in [0.29, 0.717) is 22.0 Å². The van der Waals surface area contributed by atoms with Crippen molar-refractivity contribution in [2.24, 2.45) is 0 Å². The molecule has 0 N–H and O–H groups in total. The van der Waals surface area contributed by atoms with E-state index in [0.717, 1.165) is 5.69 Å². The fourth-order valence-electron chi connectivity index (χ4n) is 1.99. The van der Waals surface area contributed by atoms with Gasteiger partial charge in [0.25, 0.3) is 0 Å². The summed E-state index contributed by atoms with van der Waals surface area (Å²) in [6, 6.07) is 8.03. The van der Waals surface area contributed by atoms with Crippen molar-refractivity contribution in [2.45, 2.75) is 0 Å². The number of nitrogens with zero attached hydrogens (tertiary/aromatic N) is 3. The van der Waals surface area contributed by atoms with Gasteiger partial charge in [0.2, 0.25) is 0 Å². The highest BCUT2D eigenvalue weighted by Gasteiger charge is 2.15. The Morgan fingerprint density at radius 1 is 1.19 bits per heavy atom. The minimum atomic E-state index is -0.429. The monoisotopic (exact) mass is 345 g/mol. The second kappa shape index (κ2) is 5.57. The van der Waals surface area contributed by atoms with E-state index in [4.69, 9.17) is 0 Å². The SMILES string of the molecule is O=Cc1cn(-c2ccncc2)nc1-c1cc(Br)ccc1F. The Hall–Kier alpha value is -2.34. The van der Waals surface area contributed by atoms with Crippen molar-refractivity contribution in [3.8, 4) is 16.9 Å². The number of pyridine rings is 1. The zero-order chi connectivity index (χ0) is 14.8. The Kier molecular flexibility index (Phi) is 3.62. The lowest BCUT2D eigenvalue weighted by Crippen LogP contribution is -1.95. The highest BCUT2D eigenvalue weighted by Crippen LogP contribution is 2.28. The summed E-state index contributed by atoms with van der Waals surface area (Å²) in [6.07, 6.45) is 5.48. The van der Waals surface area contributed by atoms with Gasteiger partial charge in [-0.15, -0.1) is 0 Å². The lowest BCUT2D eigenvalue weighted by Gasteiger charge is -2.02. The molecule has 0 spiro atoms. The standard InChI is InChI=1S/C15H9BrFN3O/c16-11-1-2-14(17)13(7-11)15-10(9-21)8-20(19-15)12-3-5-18-6-4-12/h1-9H. The summed E-state index contributed by atoms with van der Waals surface area (Å²) >= 11 is 3.29. The number of carbonyl (C=O) groups is 1. The summed E-state index contributed by atoms with van der Waals surface area (Å²) < 4.78 is 16.2. The smallest absolute Gasteiger partial charge is 0.153 e. The molecule has 1 aromatic carbocycles. The molecule has 0 atom stereocenters. The van der Waals surface area contributed by atoms with Crippen LogP contribution in [0.4, 0.5) is 4.39 Å². The van der Waals surface area contributed by atoms with Gasteiger partial charge in [-0.05, 0) is 30.3 Å². The van der Waals surface area contributed by atoms with E-state index < -0.39 is 5.82 Å². The maximum absolute atomic E-state index is 14.0. The summed E-state index contributed by atoms with van der Waals surface area (Å²) in [7, 11) is 0. The first-order valence-corrected chi connectivity index (χ1v) is 6.89. The van der Waals surface area contributed by atoms with Gasteiger partial charge in [0.1, 0.15) is 11.5 Å². The lowest BCUT2D eigenvalue weighted by molar-refractivity contribution is 0.112. The first-order valence-electron chi connectivity index (χ1n) is 6.09. The van der Waals surface area contributed by atoms with E-state index in [9.17, 15) is 9.18 Å². The zero-order valence-electron chi connectivity index (χ0n) is 10.7. The molecule has 0 radical (unpaired) electrons. The summed E-state index contributed by atoms with van der Waals surface area (Å²) in [5, 5.41) is 4.32. The van der Waals surface area contributed by atoms with E-state index >= 15 is 0 Å². The van der Waals surface area contributed by atoms with Crippen molar-refractivity contribution < 1.29 is 9.18 Å². The molecule has 2 aromatic heterocycles. The number of aldehydes is 1. The van der Waals surface area contributed by atoms with Crippen LogP contribution in [0.25, 0.3) is 16.9 Å². The van der Waals surface area contributed by atoms with Crippen LogP contribution < -0.4 is 0 Å². The largest absolute Gasteiger partial charge is 0.298 e. The van der Waals surface area contributed by atoms with E-state index in [1.54, 1.807) is 42.9 Å². The number of benzene rings is 1. The predicted molar refractivity (Wildman–Crippen MR) is 79.8 cm³/mol. The number of rotatable bonds is 3. The Labute approximate surface area is 128 Å². The third kappa shape index (κ3) is 2.62. The van der Waals surface area contributed by atoms with Gasteiger partial charge in [0, 0.05) is 28.6 Å². The summed E-state index contributed by atoms with van der Waals surface area (Å²) in [6.45, 7) is 0. The second-order valence-corrected chi connectivity index (χ2v) is 5.24. The third-order valence-electron chi connectivity index (χ3n) is 2.98. The Morgan fingerprint density at radius 3 is 2.67 bits per heavy atom. The van der Waals surface area contributed by atoms with Gasteiger partial charge in [0.05, 0.1) is 11.3 Å². The fourth-order valence-corrected chi connectivity index (χ4v) is 2.35. The van der Waals surface area contributed by atoms with Crippen molar-refractivity contribution in [2.75, 3.05) is 0 Å². The maximum Gasteiger partial charge on any atom is 0.153 e. The van der Waals surface area contributed by atoms with E-state index in [1.807, 2.05) is 0 Å². The first kappa shape index (κ1) is 13.6. The van der Waals surface area contributed by atoms with Crippen LogP contribution in [0.15, 0.2) is 53.4 Å². The van der Waals surface area contributed by atoms with Crippen LogP contribution in [0.1, 0.15) is 10.4 Å². The van der Waals surface area contributed by atoms with Crippen molar-refractivity contribution in [1.82, 2.24) is 14.8 Å². The Bertz CT molecular complexity index is 802. The zero-order valence-corrected chi connectivity index (χ0v) is 12.3. The molecule has 0 bridgehead atoms. The lowest BCUT2D eigenvalue weighted by atomic mass is 10.1. The molecular weight excluding hydrogens is 337 g/mol. The highest BCUT2D eigenvalue weighted by atomic mass is 79.9. The van der Waals surface area contributed by atoms with Crippen LogP contribution in [-0.2, 0) is 0 Å². The molecular formula is C15H9BrFN3O. The fraction of sp³-hybridized carbons (Fsp3) is 0. The molecule has 0 aliphatic rings. The average Bonchev–Trinajstić information content (AvgIpc) is 2.94. The summed E-state index contributed by atoms with van der Waals surface area (Å²) in [4.78, 5) is 15.2. The van der Waals surface area contributed by atoms with Gasteiger partial charge in [-0.2, -0.15) is 5.10 Å². The summed E-state index contributed by atoms with van der Waals surface area (Å²) in [5.74, 6) is -0.429. The Balaban J connectivity index is 2.17. The quantitative estimate of drug-likeness (QED) is 0.680. The molecule has 104 valence electrons. The van der Waals surface area contributed by atoms with Crippen LogP contribution in [0, 0.1) is 5.82 Å². The summed E-state index contributed by atoms with van der Waals surface area (Å²) in [5.41, 5.74) is 1.65.